The number of hydrazone groups is 1. The van der Waals surface area contributed by atoms with E-state index in [4.69, 9.17) is 10.00 Å². The second-order valence-electron chi connectivity index (χ2n) is 3.96. The number of nitrogens with one attached hydrogen (secondary N) is 2. The summed E-state index contributed by atoms with van der Waals surface area (Å²) < 4.78 is 4.71. The molecule has 0 atom stereocenters. The maximum absolute atomic E-state index is 11.4. The molecule has 0 amide bonds. The van der Waals surface area contributed by atoms with Crippen LogP contribution < -0.4 is 5.43 Å². The third kappa shape index (κ3) is 2.92. The van der Waals surface area contributed by atoms with Gasteiger partial charge in [-0.2, -0.15) is 10.4 Å². The Bertz CT molecular complexity index is 711. The summed E-state index contributed by atoms with van der Waals surface area (Å²) in [5.41, 5.74) is 4.65. The summed E-state index contributed by atoms with van der Waals surface area (Å²) in [7, 11) is 0. The highest BCUT2D eigenvalue weighted by molar-refractivity contribution is 6.43. The first-order valence-corrected chi connectivity index (χ1v) is 6.01. The number of H-pyrrole nitrogens is 1. The lowest BCUT2D eigenvalue weighted by molar-refractivity contribution is -0.134. The van der Waals surface area contributed by atoms with Gasteiger partial charge in [0.25, 0.3) is 0 Å². The van der Waals surface area contributed by atoms with Crippen molar-refractivity contribution in [2.24, 2.45) is 5.10 Å². The molecule has 0 saturated carbocycles. The third-order valence-electron chi connectivity index (χ3n) is 2.47. The van der Waals surface area contributed by atoms with Crippen molar-refractivity contribution in [3.05, 3.63) is 24.0 Å². The number of fused-ring (bicyclic) bond motifs is 1. The van der Waals surface area contributed by atoms with Crippen molar-refractivity contribution in [1.29, 1.82) is 5.26 Å². The molecule has 0 aliphatic heterocycles. The fourth-order valence-electron chi connectivity index (χ4n) is 1.64. The maximum atomic E-state index is 11.4. The van der Waals surface area contributed by atoms with Crippen molar-refractivity contribution in [2.75, 3.05) is 12.0 Å². The van der Waals surface area contributed by atoms with Gasteiger partial charge in [-0.15, -0.1) is 0 Å². The Hall–Kier alpha value is -2.88. The number of benzene rings is 1. The molecule has 0 aliphatic rings. The molecule has 1 aromatic heterocycles. The van der Waals surface area contributed by atoms with Crippen LogP contribution in [-0.4, -0.2) is 28.3 Å². The number of anilines is 1. The largest absolute Gasteiger partial charge is 0.461 e. The van der Waals surface area contributed by atoms with Crippen molar-refractivity contribution in [3.63, 3.8) is 0 Å². The molecule has 0 bridgehead atoms. The van der Waals surface area contributed by atoms with Crippen LogP contribution in [0.5, 0.6) is 0 Å². The Morgan fingerprint density at radius 2 is 2.40 bits per heavy atom. The second-order valence-corrected chi connectivity index (χ2v) is 3.96. The number of ether oxygens (including phenoxy) is 1. The molecule has 0 unspecified atom stereocenters. The van der Waals surface area contributed by atoms with Crippen molar-refractivity contribution in [3.8, 4) is 6.07 Å². The number of nitrogens with zero attached hydrogens (tertiary/aromatic N) is 3. The number of hydrogen-bond acceptors (Lipinski definition) is 6. The third-order valence-corrected chi connectivity index (χ3v) is 2.47. The van der Waals surface area contributed by atoms with Gasteiger partial charge in [0.1, 0.15) is 11.9 Å². The summed E-state index contributed by atoms with van der Waals surface area (Å²) in [5.74, 6) is 0.0610. The van der Waals surface area contributed by atoms with Crippen LogP contribution in [0.4, 0.5) is 5.69 Å². The molecule has 0 spiro atoms. The average Bonchev–Trinajstić information content (AvgIpc) is 2.79. The Morgan fingerprint density at radius 3 is 3.10 bits per heavy atom. The lowest BCUT2D eigenvalue weighted by Gasteiger charge is -2.01. The van der Waals surface area contributed by atoms with Gasteiger partial charge in [0.15, 0.2) is 0 Å². The van der Waals surface area contributed by atoms with Crippen molar-refractivity contribution in [2.45, 2.75) is 13.8 Å². The molecule has 7 heteroatoms. The van der Waals surface area contributed by atoms with Gasteiger partial charge in [0.2, 0.25) is 5.71 Å². The Labute approximate surface area is 115 Å². The van der Waals surface area contributed by atoms with Crippen LogP contribution in [0.1, 0.15) is 12.7 Å². The highest BCUT2D eigenvalue weighted by Crippen LogP contribution is 2.16. The van der Waals surface area contributed by atoms with Crippen LogP contribution in [-0.2, 0) is 9.53 Å². The summed E-state index contributed by atoms with van der Waals surface area (Å²) in [5, 5.41) is 12.6. The number of aromatic amines is 1. The van der Waals surface area contributed by atoms with E-state index in [0.29, 0.717) is 5.69 Å². The number of carbonyl (C=O) groups is 1. The monoisotopic (exact) mass is 271 g/mol. The van der Waals surface area contributed by atoms with Crippen molar-refractivity contribution in [1.82, 2.24) is 9.97 Å². The van der Waals surface area contributed by atoms with Crippen LogP contribution in [0, 0.1) is 18.3 Å². The summed E-state index contributed by atoms with van der Waals surface area (Å²) in [6.07, 6.45) is 0. The topological polar surface area (TPSA) is 103 Å². The minimum absolute atomic E-state index is 0.193. The van der Waals surface area contributed by atoms with Gasteiger partial charge in [-0.1, -0.05) is 0 Å². The Kier molecular flexibility index (Phi) is 3.96. The summed E-state index contributed by atoms with van der Waals surface area (Å²) in [6, 6.07) is 7.05. The zero-order valence-corrected chi connectivity index (χ0v) is 11.1. The van der Waals surface area contributed by atoms with E-state index in [9.17, 15) is 4.79 Å². The molecule has 1 aromatic carbocycles. The molecule has 1 heterocycles. The van der Waals surface area contributed by atoms with Crippen molar-refractivity contribution >= 4 is 28.4 Å². The lowest BCUT2D eigenvalue weighted by Crippen LogP contribution is -2.17. The number of aromatic nitrogens is 2. The Balaban J connectivity index is 2.18. The van der Waals surface area contributed by atoms with Gasteiger partial charge in [-0.05, 0) is 32.0 Å². The summed E-state index contributed by atoms with van der Waals surface area (Å²) >= 11 is 0. The van der Waals surface area contributed by atoms with E-state index in [2.05, 4.69) is 20.5 Å². The molecule has 0 fully saturated rings. The number of hydrogen-bond donors (Lipinski definition) is 2. The van der Waals surface area contributed by atoms with E-state index in [-0.39, 0.29) is 12.3 Å². The standard InChI is InChI=1S/C13H13N5O2/c1-3-20-13(19)12(7-14)18-17-9-4-5-10-11(6-9)16-8(2)15-10/h4-6,17H,3H2,1-2H3,(H,15,16)/b18-12+. The maximum Gasteiger partial charge on any atom is 0.369 e. The predicted molar refractivity (Wildman–Crippen MR) is 74.1 cm³/mol. The predicted octanol–water partition coefficient (Wildman–Crippen LogP) is 1.73. The average molecular weight is 271 g/mol. The molecular formula is C13H13N5O2. The molecule has 0 saturated heterocycles. The zero-order valence-electron chi connectivity index (χ0n) is 11.1. The van der Waals surface area contributed by atoms with E-state index >= 15 is 0 Å². The molecule has 0 aliphatic carbocycles. The molecular weight excluding hydrogens is 258 g/mol. The van der Waals surface area contributed by atoms with E-state index in [1.807, 2.05) is 13.0 Å². The molecule has 0 radical (unpaired) electrons. The van der Waals surface area contributed by atoms with Crippen LogP contribution >= 0.6 is 0 Å². The SMILES string of the molecule is CCOC(=O)/C(C#N)=N/Nc1ccc2nc(C)[nH]c2c1. The first kappa shape index (κ1) is 13.5. The Morgan fingerprint density at radius 1 is 1.60 bits per heavy atom. The van der Waals surface area contributed by atoms with Gasteiger partial charge in [-0.25, -0.2) is 9.78 Å². The van der Waals surface area contributed by atoms with Gasteiger partial charge < -0.3 is 9.72 Å². The smallest absolute Gasteiger partial charge is 0.369 e. The molecule has 2 N–H and O–H groups in total. The van der Waals surface area contributed by atoms with Crippen LogP contribution in [0.3, 0.4) is 0 Å². The van der Waals surface area contributed by atoms with Gasteiger partial charge in [0, 0.05) is 0 Å². The second kappa shape index (κ2) is 5.84. The van der Waals surface area contributed by atoms with E-state index in [0.717, 1.165) is 16.9 Å². The van der Waals surface area contributed by atoms with Crippen molar-refractivity contribution < 1.29 is 9.53 Å². The number of rotatable bonds is 4. The first-order chi connectivity index (χ1) is 9.63. The van der Waals surface area contributed by atoms with Crippen LogP contribution in [0.25, 0.3) is 11.0 Å². The number of nitriles is 1. The minimum Gasteiger partial charge on any atom is -0.461 e. The van der Waals surface area contributed by atoms with Gasteiger partial charge in [0.05, 0.1) is 23.3 Å². The molecule has 102 valence electrons. The van der Waals surface area contributed by atoms with Gasteiger partial charge >= 0.3 is 5.97 Å². The minimum atomic E-state index is -0.749. The number of imidazole rings is 1. The number of carbonyl (C=O) groups excluding carboxylic acids is 1. The molecule has 2 aromatic rings. The molecule has 7 nitrogen and oxygen atoms in total. The van der Waals surface area contributed by atoms with Crippen LogP contribution in [0.15, 0.2) is 23.3 Å². The zero-order chi connectivity index (χ0) is 14.5. The number of esters is 1. The lowest BCUT2D eigenvalue weighted by atomic mass is 10.3. The summed E-state index contributed by atoms with van der Waals surface area (Å²) in [4.78, 5) is 18.7. The van der Waals surface area contributed by atoms with E-state index in [1.165, 1.54) is 0 Å². The molecule has 20 heavy (non-hydrogen) atoms. The fourth-order valence-corrected chi connectivity index (χ4v) is 1.64. The van der Waals surface area contributed by atoms with Crippen LogP contribution in [0.2, 0.25) is 0 Å². The highest BCUT2D eigenvalue weighted by atomic mass is 16.5. The normalized spacial score (nSPS) is 11.2. The summed E-state index contributed by atoms with van der Waals surface area (Å²) in [6.45, 7) is 3.72. The molecule has 2 rings (SSSR count). The van der Waals surface area contributed by atoms with E-state index < -0.39 is 5.97 Å². The fraction of sp³-hybridized carbons (Fsp3) is 0.231. The quantitative estimate of drug-likeness (QED) is 0.500. The highest BCUT2D eigenvalue weighted by Gasteiger charge is 2.11. The first-order valence-electron chi connectivity index (χ1n) is 6.01. The van der Waals surface area contributed by atoms with Gasteiger partial charge in [-0.3, -0.25) is 5.43 Å². The van der Waals surface area contributed by atoms with E-state index in [1.54, 1.807) is 25.1 Å². The number of aryl methyl sites for hydroxylation is 1.